The number of hydrogen-bond donors (Lipinski definition) is 0. The Hall–Kier alpha value is -1.09. The molecule has 0 amide bonds. The van der Waals surface area contributed by atoms with Crippen LogP contribution in [0.15, 0.2) is 12.3 Å². The predicted molar refractivity (Wildman–Crippen MR) is 87.8 cm³/mol. The van der Waals surface area contributed by atoms with Crippen LogP contribution in [0.1, 0.15) is 68.8 Å². The van der Waals surface area contributed by atoms with Crippen molar-refractivity contribution in [2.75, 3.05) is 0 Å². The minimum absolute atomic E-state index is 0.0810. The van der Waals surface area contributed by atoms with Gasteiger partial charge >= 0.3 is 0 Å². The third-order valence-electron chi connectivity index (χ3n) is 4.92. The Labute approximate surface area is 131 Å². The van der Waals surface area contributed by atoms with E-state index in [0.717, 1.165) is 22.9 Å². The molecule has 1 atom stereocenters. The molecule has 0 saturated heterocycles. The van der Waals surface area contributed by atoms with Crippen molar-refractivity contribution >= 4 is 22.8 Å². The first-order valence-corrected chi connectivity index (χ1v) is 8.53. The average molecular weight is 306 g/mol. The molecule has 21 heavy (non-hydrogen) atoms. The number of fused-ring (bicyclic) bond motifs is 1. The lowest BCUT2D eigenvalue weighted by Gasteiger charge is -2.30. The van der Waals surface area contributed by atoms with Gasteiger partial charge in [-0.05, 0) is 57.1 Å². The zero-order chi connectivity index (χ0) is 15.0. The van der Waals surface area contributed by atoms with Gasteiger partial charge in [0.15, 0.2) is 5.65 Å². The van der Waals surface area contributed by atoms with Crippen LogP contribution in [0.5, 0.6) is 0 Å². The summed E-state index contributed by atoms with van der Waals surface area (Å²) in [5, 5.41) is -0.0810. The van der Waals surface area contributed by atoms with Gasteiger partial charge in [-0.2, -0.15) is 0 Å². The molecule has 1 aliphatic carbocycles. The molecule has 1 unspecified atom stereocenters. The van der Waals surface area contributed by atoms with Crippen LogP contribution in [0.3, 0.4) is 0 Å². The summed E-state index contributed by atoms with van der Waals surface area (Å²) >= 11 is 6.40. The molecule has 3 rings (SSSR count). The second-order valence-electron chi connectivity index (χ2n) is 6.34. The number of pyridine rings is 1. The molecule has 2 heterocycles. The van der Waals surface area contributed by atoms with E-state index in [1.165, 1.54) is 37.7 Å². The Morgan fingerprint density at radius 1 is 1.33 bits per heavy atom. The highest BCUT2D eigenvalue weighted by atomic mass is 35.5. The molecule has 1 fully saturated rings. The van der Waals surface area contributed by atoms with Gasteiger partial charge in [-0.3, -0.25) is 0 Å². The van der Waals surface area contributed by atoms with Crippen molar-refractivity contribution in [1.29, 1.82) is 0 Å². The first-order chi connectivity index (χ1) is 10.1. The zero-order valence-corrected chi connectivity index (χ0v) is 13.9. The number of rotatable bonds is 3. The van der Waals surface area contributed by atoms with Crippen molar-refractivity contribution in [2.24, 2.45) is 5.92 Å². The topological polar surface area (TPSA) is 30.7 Å². The van der Waals surface area contributed by atoms with Gasteiger partial charge in [0.05, 0.1) is 5.38 Å². The van der Waals surface area contributed by atoms with Crippen LogP contribution in [0.2, 0.25) is 0 Å². The van der Waals surface area contributed by atoms with Crippen LogP contribution in [-0.4, -0.2) is 14.5 Å². The fourth-order valence-electron chi connectivity index (χ4n) is 3.58. The van der Waals surface area contributed by atoms with Crippen molar-refractivity contribution in [2.45, 2.75) is 64.3 Å². The van der Waals surface area contributed by atoms with Gasteiger partial charge in [0.2, 0.25) is 0 Å². The van der Waals surface area contributed by atoms with Crippen molar-refractivity contribution in [1.82, 2.24) is 14.5 Å². The normalized spacial score (nSPS) is 24.4. The van der Waals surface area contributed by atoms with E-state index >= 15 is 0 Å². The van der Waals surface area contributed by atoms with E-state index in [4.69, 9.17) is 16.6 Å². The molecule has 0 N–H and O–H groups in total. The molecule has 3 nitrogen and oxygen atoms in total. The lowest BCUT2D eigenvalue weighted by molar-refractivity contribution is 0.269. The summed E-state index contributed by atoms with van der Waals surface area (Å²) in [6.45, 7) is 6.40. The van der Waals surface area contributed by atoms with E-state index in [2.05, 4.69) is 23.4 Å². The standard InChI is InChI=1S/C17H24ClN3/c1-4-13-5-7-14(8-6-13)21-16(12(3)18)20-15-11(2)9-10-19-17(15)21/h9-10,12-14H,4-8H2,1-3H3. The molecule has 4 heteroatoms. The largest absolute Gasteiger partial charge is 0.308 e. The van der Waals surface area contributed by atoms with Gasteiger partial charge in [0.25, 0.3) is 0 Å². The quantitative estimate of drug-likeness (QED) is 0.731. The van der Waals surface area contributed by atoms with E-state index in [0.29, 0.717) is 6.04 Å². The summed E-state index contributed by atoms with van der Waals surface area (Å²) in [4.78, 5) is 9.40. The monoisotopic (exact) mass is 305 g/mol. The minimum Gasteiger partial charge on any atom is -0.308 e. The van der Waals surface area contributed by atoms with E-state index in [9.17, 15) is 0 Å². The van der Waals surface area contributed by atoms with E-state index < -0.39 is 0 Å². The third kappa shape index (κ3) is 2.68. The fourth-order valence-corrected chi connectivity index (χ4v) is 3.73. The number of halogens is 1. The maximum Gasteiger partial charge on any atom is 0.160 e. The first kappa shape index (κ1) is 14.8. The highest BCUT2D eigenvalue weighted by Crippen LogP contribution is 2.38. The summed E-state index contributed by atoms with van der Waals surface area (Å²) < 4.78 is 2.33. The van der Waals surface area contributed by atoms with Crippen LogP contribution in [0.4, 0.5) is 0 Å². The lowest BCUT2D eigenvalue weighted by atomic mass is 9.84. The summed E-state index contributed by atoms with van der Waals surface area (Å²) in [5.41, 5.74) is 3.20. The molecular formula is C17H24ClN3. The Bertz CT molecular complexity index is 624. The van der Waals surface area contributed by atoms with Crippen LogP contribution >= 0.6 is 11.6 Å². The highest BCUT2D eigenvalue weighted by molar-refractivity contribution is 6.20. The summed E-state index contributed by atoms with van der Waals surface area (Å²) in [6, 6.07) is 2.53. The summed E-state index contributed by atoms with van der Waals surface area (Å²) in [5.74, 6) is 1.87. The van der Waals surface area contributed by atoms with Crippen molar-refractivity contribution in [3.05, 3.63) is 23.7 Å². The molecule has 2 aromatic rings. The third-order valence-corrected chi connectivity index (χ3v) is 5.12. The Balaban J connectivity index is 2.04. The van der Waals surface area contributed by atoms with Crippen molar-refractivity contribution in [3.8, 4) is 0 Å². The Morgan fingerprint density at radius 2 is 2.05 bits per heavy atom. The molecule has 114 valence electrons. The minimum atomic E-state index is -0.0810. The van der Waals surface area contributed by atoms with E-state index in [1.54, 1.807) is 0 Å². The van der Waals surface area contributed by atoms with E-state index in [-0.39, 0.29) is 5.38 Å². The molecule has 0 spiro atoms. The molecule has 1 saturated carbocycles. The van der Waals surface area contributed by atoms with Crippen LogP contribution < -0.4 is 0 Å². The first-order valence-electron chi connectivity index (χ1n) is 8.09. The van der Waals surface area contributed by atoms with Crippen LogP contribution in [0, 0.1) is 12.8 Å². The predicted octanol–water partition coefficient (Wildman–Crippen LogP) is 5.18. The fraction of sp³-hybridized carbons (Fsp3) is 0.647. The lowest BCUT2D eigenvalue weighted by Crippen LogP contribution is -2.20. The highest BCUT2D eigenvalue weighted by Gasteiger charge is 2.27. The number of nitrogens with zero attached hydrogens (tertiary/aromatic N) is 3. The van der Waals surface area contributed by atoms with Gasteiger partial charge < -0.3 is 4.57 Å². The maximum absolute atomic E-state index is 6.40. The van der Waals surface area contributed by atoms with Crippen molar-refractivity contribution < 1.29 is 0 Å². The zero-order valence-electron chi connectivity index (χ0n) is 13.1. The Morgan fingerprint density at radius 3 is 2.67 bits per heavy atom. The second-order valence-corrected chi connectivity index (χ2v) is 6.99. The maximum atomic E-state index is 6.40. The SMILES string of the molecule is CCC1CCC(n2c(C(C)Cl)nc3c(C)ccnc32)CC1. The number of aryl methyl sites for hydroxylation is 1. The Kier molecular flexibility index (Phi) is 4.21. The second kappa shape index (κ2) is 5.96. The van der Waals surface area contributed by atoms with E-state index in [1.807, 2.05) is 19.2 Å². The van der Waals surface area contributed by atoms with Crippen LogP contribution in [-0.2, 0) is 0 Å². The number of hydrogen-bond acceptors (Lipinski definition) is 2. The molecule has 2 aromatic heterocycles. The molecular weight excluding hydrogens is 282 g/mol. The summed E-state index contributed by atoms with van der Waals surface area (Å²) in [6.07, 6.45) is 8.24. The molecule has 0 aromatic carbocycles. The van der Waals surface area contributed by atoms with Gasteiger partial charge in [-0.1, -0.05) is 13.3 Å². The van der Waals surface area contributed by atoms with Gasteiger partial charge in [0.1, 0.15) is 11.3 Å². The average Bonchev–Trinajstić information content (AvgIpc) is 2.88. The molecule has 0 bridgehead atoms. The van der Waals surface area contributed by atoms with Crippen LogP contribution in [0.25, 0.3) is 11.2 Å². The van der Waals surface area contributed by atoms with Gasteiger partial charge in [-0.25, -0.2) is 9.97 Å². The number of aromatic nitrogens is 3. The number of imidazole rings is 1. The van der Waals surface area contributed by atoms with Crippen molar-refractivity contribution in [3.63, 3.8) is 0 Å². The van der Waals surface area contributed by atoms with Gasteiger partial charge in [-0.15, -0.1) is 11.6 Å². The van der Waals surface area contributed by atoms with Gasteiger partial charge in [0, 0.05) is 12.2 Å². The smallest absolute Gasteiger partial charge is 0.160 e. The number of alkyl halides is 1. The molecule has 0 radical (unpaired) electrons. The molecule has 1 aliphatic rings. The summed E-state index contributed by atoms with van der Waals surface area (Å²) in [7, 11) is 0. The molecule has 0 aliphatic heterocycles.